The molecule has 0 fully saturated rings. The molecule has 122 valence electrons. The second-order valence-electron chi connectivity index (χ2n) is 4.68. The Balaban J connectivity index is 1.88. The number of pyridine rings is 1. The Morgan fingerprint density at radius 3 is 2.61 bits per heavy atom. The number of urea groups is 1. The fourth-order valence-electron chi connectivity index (χ4n) is 1.95. The van der Waals surface area contributed by atoms with Gasteiger partial charge < -0.3 is 25.2 Å². The van der Waals surface area contributed by atoms with Crippen molar-refractivity contribution in [2.45, 2.75) is 6.10 Å². The predicted octanol–water partition coefficient (Wildman–Crippen LogP) is 1.95. The molecule has 0 aliphatic rings. The largest absolute Gasteiger partial charge is 0.497 e. The van der Waals surface area contributed by atoms with Gasteiger partial charge in [0, 0.05) is 12.7 Å². The van der Waals surface area contributed by atoms with Crippen molar-refractivity contribution >= 4 is 11.7 Å². The number of nitrogens with zero attached hydrogens (tertiary/aromatic N) is 1. The number of aliphatic hydroxyl groups excluding tert-OH is 1. The van der Waals surface area contributed by atoms with Gasteiger partial charge >= 0.3 is 6.03 Å². The van der Waals surface area contributed by atoms with Crippen LogP contribution in [-0.4, -0.2) is 36.9 Å². The number of carbonyl (C=O) groups excluding carboxylic acids is 1. The van der Waals surface area contributed by atoms with Gasteiger partial charge in [-0.05, 0) is 29.8 Å². The maximum Gasteiger partial charge on any atom is 0.319 e. The van der Waals surface area contributed by atoms with Crippen molar-refractivity contribution in [3.8, 4) is 11.6 Å². The van der Waals surface area contributed by atoms with E-state index in [1.54, 1.807) is 49.7 Å². The number of nitrogens with one attached hydrogen (secondary N) is 2. The van der Waals surface area contributed by atoms with Gasteiger partial charge in [-0.3, -0.25) is 0 Å². The predicted molar refractivity (Wildman–Crippen MR) is 85.8 cm³/mol. The third-order valence-electron chi connectivity index (χ3n) is 3.17. The van der Waals surface area contributed by atoms with E-state index in [9.17, 15) is 9.90 Å². The highest BCUT2D eigenvalue weighted by atomic mass is 16.5. The minimum absolute atomic E-state index is 0.0702. The average molecular weight is 317 g/mol. The van der Waals surface area contributed by atoms with Crippen molar-refractivity contribution < 1.29 is 19.4 Å². The third-order valence-corrected chi connectivity index (χ3v) is 3.17. The fraction of sp³-hybridized carbons (Fsp3) is 0.250. The molecule has 7 nitrogen and oxygen atoms in total. The molecule has 1 aromatic carbocycles. The van der Waals surface area contributed by atoms with Gasteiger partial charge in [-0.25, -0.2) is 9.78 Å². The maximum absolute atomic E-state index is 11.9. The van der Waals surface area contributed by atoms with Crippen LogP contribution in [0.1, 0.15) is 11.7 Å². The summed E-state index contributed by atoms with van der Waals surface area (Å²) in [6.45, 7) is 0.0702. The van der Waals surface area contributed by atoms with Crippen molar-refractivity contribution in [2.75, 3.05) is 26.1 Å². The van der Waals surface area contributed by atoms with Crippen molar-refractivity contribution in [3.63, 3.8) is 0 Å². The Kier molecular flexibility index (Phi) is 5.76. The Bertz CT molecular complexity index is 646. The van der Waals surface area contributed by atoms with E-state index in [2.05, 4.69) is 15.6 Å². The molecule has 3 N–H and O–H groups in total. The van der Waals surface area contributed by atoms with Crippen LogP contribution in [0, 0.1) is 0 Å². The Morgan fingerprint density at radius 2 is 1.96 bits per heavy atom. The van der Waals surface area contributed by atoms with Crippen molar-refractivity contribution in [1.82, 2.24) is 10.3 Å². The summed E-state index contributed by atoms with van der Waals surface area (Å²) in [6.07, 6.45) is 0.748. The second-order valence-corrected chi connectivity index (χ2v) is 4.68. The van der Waals surface area contributed by atoms with E-state index in [1.807, 2.05) is 0 Å². The molecule has 1 heterocycles. The first kappa shape index (κ1) is 16.6. The molecule has 0 radical (unpaired) electrons. The number of anilines is 1. The number of hydrogen-bond donors (Lipinski definition) is 3. The Morgan fingerprint density at radius 1 is 1.22 bits per heavy atom. The summed E-state index contributed by atoms with van der Waals surface area (Å²) in [6, 6.07) is 9.89. The van der Waals surface area contributed by atoms with E-state index < -0.39 is 12.1 Å². The van der Waals surface area contributed by atoms with Crippen LogP contribution in [0.5, 0.6) is 11.6 Å². The Labute approximate surface area is 134 Å². The number of aliphatic hydroxyl groups is 1. The molecule has 2 aromatic rings. The van der Waals surface area contributed by atoms with Crippen LogP contribution in [0.25, 0.3) is 0 Å². The lowest BCUT2D eigenvalue weighted by Gasteiger charge is -2.14. The van der Waals surface area contributed by atoms with Crippen LogP contribution in [0.3, 0.4) is 0 Å². The second kappa shape index (κ2) is 8.00. The van der Waals surface area contributed by atoms with Crippen molar-refractivity contribution in [1.29, 1.82) is 0 Å². The summed E-state index contributed by atoms with van der Waals surface area (Å²) in [4.78, 5) is 15.9. The molecule has 0 unspecified atom stereocenters. The minimum atomic E-state index is -0.817. The molecular weight excluding hydrogens is 298 g/mol. The molecule has 0 saturated heterocycles. The molecule has 2 rings (SSSR count). The summed E-state index contributed by atoms with van der Waals surface area (Å²) in [5.41, 5.74) is 1.14. The van der Waals surface area contributed by atoms with Crippen LogP contribution >= 0.6 is 0 Å². The first-order valence-electron chi connectivity index (χ1n) is 7.00. The zero-order chi connectivity index (χ0) is 16.7. The molecular formula is C16H19N3O4. The Hall–Kier alpha value is -2.80. The zero-order valence-corrected chi connectivity index (χ0v) is 12.9. The van der Waals surface area contributed by atoms with Gasteiger partial charge in [0.05, 0.1) is 20.3 Å². The highest BCUT2D eigenvalue weighted by molar-refractivity contribution is 5.90. The lowest BCUT2D eigenvalue weighted by Crippen LogP contribution is -2.32. The number of amides is 2. The standard InChI is InChI=1S/C16H19N3O4/c1-22-12-7-5-11(6-8-12)14(20)10-18-16(21)19-13-4-3-9-17-15(13)23-2/h3-9,14,20H,10H2,1-2H3,(H2,18,19,21)/t14-/m0/s1. The smallest absolute Gasteiger partial charge is 0.319 e. The van der Waals surface area contributed by atoms with E-state index in [-0.39, 0.29) is 6.54 Å². The third kappa shape index (κ3) is 4.58. The number of methoxy groups -OCH3 is 2. The van der Waals surface area contributed by atoms with Gasteiger partial charge in [-0.15, -0.1) is 0 Å². The molecule has 23 heavy (non-hydrogen) atoms. The van der Waals surface area contributed by atoms with Gasteiger partial charge in [-0.1, -0.05) is 12.1 Å². The van der Waals surface area contributed by atoms with Crippen molar-refractivity contribution in [2.24, 2.45) is 0 Å². The van der Waals surface area contributed by atoms with E-state index >= 15 is 0 Å². The minimum Gasteiger partial charge on any atom is -0.497 e. The van der Waals surface area contributed by atoms with Gasteiger partial charge in [0.25, 0.3) is 0 Å². The molecule has 0 saturated carbocycles. The maximum atomic E-state index is 11.9. The lowest BCUT2D eigenvalue weighted by molar-refractivity contribution is 0.175. The highest BCUT2D eigenvalue weighted by Crippen LogP contribution is 2.20. The molecule has 0 aliphatic heterocycles. The van der Waals surface area contributed by atoms with Gasteiger partial charge in [0.15, 0.2) is 0 Å². The zero-order valence-electron chi connectivity index (χ0n) is 12.9. The number of ether oxygens (including phenoxy) is 2. The molecule has 1 aromatic heterocycles. The van der Waals surface area contributed by atoms with Crippen LogP contribution < -0.4 is 20.1 Å². The number of rotatable bonds is 6. The molecule has 7 heteroatoms. The topological polar surface area (TPSA) is 92.7 Å². The van der Waals surface area contributed by atoms with Crippen molar-refractivity contribution in [3.05, 3.63) is 48.2 Å². The normalized spacial score (nSPS) is 11.4. The average Bonchev–Trinajstić information content (AvgIpc) is 2.60. The van der Waals surface area contributed by atoms with E-state index in [4.69, 9.17) is 9.47 Å². The highest BCUT2D eigenvalue weighted by Gasteiger charge is 2.11. The summed E-state index contributed by atoms with van der Waals surface area (Å²) in [7, 11) is 3.04. The van der Waals surface area contributed by atoms with Gasteiger partial charge in [0.1, 0.15) is 11.4 Å². The summed E-state index contributed by atoms with van der Waals surface area (Å²) in [5.74, 6) is 1.02. The summed E-state index contributed by atoms with van der Waals surface area (Å²) in [5, 5.41) is 15.3. The molecule has 2 amide bonds. The lowest BCUT2D eigenvalue weighted by atomic mass is 10.1. The van der Waals surface area contributed by atoms with E-state index in [0.29, 0.717) is 22.9 Å². The molecule has 0 spiro atoms. The van der Waals surface area contributed by atoms with Gasteiger partial charge in [0.2, 0.25) is 5.88 Å². The molecule has 0 bridgehead atoms. The molecule has 0 aliphatic carbocycles. The number of aromatic nitrogens is 1. The van der Waals surface area contributed by atoms with Crippen LogP contribution in [-0.2, 0) is 0 Å². The van der Waals surface area contributed by atoms with Crippen LogP contribution in [0.2, 0.25) is 0 Å². The monoisotopic (exact) mass is 317 g/mol. The van der Waals surface area contributed by atoms with E-state index in [0.717, 1.165) is 0 Å². The quantitative estimate of drug-likeness (QED) is 0.757. The first-order valence-corrected chi connectivity index (χ1v) is 7.00. The number of benzene rings is 1. The SMILES string of the molecule is COc1ccc([C@@H](O)CNC(=O)Nc2cccnc2OC)cc1. The fourth-order valence-corrected chi connectivity index (χ4v) is 1.95. The summed E-state index contributed by atoms with van der Waals surface area (Å²) >= 11 is 0. The van der Waals surface area contributed by atoms with Crippen LogP contribution in [0.4, 0.5) is 10.5 Å². The summed E-state index contributed by atoms with van der Waals surface area (Å²) < 4.78 is 10.1. The van der Waals surface area contributed by atoms with Gasteiger partial charge in [-0.2, -0.15) is 0 Å². The molecule has 1 atom stereocenters. The van der Waals surface area contributed by atoms with E-state index in [1.165, 1.54) is 7.11 Å². The first-order chi connectivity index (χ1) is 11.1. The van der Waals surface area contributed by atoms with Crippen LogP contribution in [0.15, 0.2) is 42.6 Å². The number of carbonyl (C=O) groups is 1. The number of hydrogen-bond acceptors (Lipinski definition) is 5.